The number of carbonyl (C=O) groups is 3. The molecule has 11 heteroatoms. The second-order valence-electron chi connectivity index (χ2n) is 7.57. The Bertz CT molecular complexity index is 1080. The molecule has 3 rings (SSSR count). The largest absolute Gasteiger partial charge is 0.484 e. The highest BCUT2D eigenvalue weighted by Crippen LogP contribution is 2.37. The number of non-ortho nitro benzene ring substituents is 1. The molecule has 1 saturated heterocycles. The molecular weight excluding hydrogens is 510 g/mol. The number of hydrogen-bond acceptors (Lipinski definition) is 8. The van der Waals surface area contributed by atoms with Crippen LogP contribution >= 0.6 is 15.9 Å². The van der Waals surface area contributed by atoms with Gasteiger partial charge < -0.3 is 14.8 Å². The lowest BCUT2D eigenvalue weighted by Gasteiger charge is -2.54. The lowest BCUT2D eigenvalue weighted by Crippen LogP contribution is -2.76. The maximum atomic E-state index is 13.0. The normalized spacial score (nSPS) is 20.4. The van der Waals surface area contributed by atoms with Gasteiger partial charge in [-0.2, -0.15) is 0 Å². The van der Waals surface area contributed by atoms with Gasteiger partial charge in [0.25, 0.3) is 11.6 Å². The highest BCUT2D eigenvalue weighted by Gasteiger charge is 2.55. The van der Waals surface area contributed by atoms with E-state index in [1.807, 2.05) is 6.07 Å². The van der Waals surface area contributed by atoms with E-state index in [1.54, 1.807) is 36.1 Å². The number of aldehydes is 1. The number of benzene rings is 2. The number of carbonyl (C=O) groups excluding carboxylic acids is 3. The van der Waals surface area contributed by atoms with Crippen molar-refractivity contribution >= 4 is 39.8 Å². The first kappa shape index (κ1) is 25.1. The summed E-state index contributed by atoms with van der Waals surface area (Å²) in [4.78, 5) is 47.2. The van der Waals surface area contributed by atoms with Gasteiger partial charge in [0.05, 0.1) is 4.92 Å². The molecule has 1 amide bonds. The van der Waals surface area contributed by atoms with Crippen LogP contribution in [0.15, 0.2) is 66.7 Å². The highest BCUT2D eigenvalue weighted by atomic mass is 79.9. The number of halogens is 1. The predicted molar refractivity (Wildman–Crippen MR) is 125 cm³/mol. The van der Waals surface area contributed by atoms with Gasteiger partial charge >= 0.3 is 5.97 Å². The Morgan fingerprint density at radius 2 is 1.88 bits per heavy atom. The molecule has 0 bridgehead atoms. The summed E-state index contributed by atoms with van der Waals surface area (Å²) >= 11 is 3.51. The molecule has 0 spiro atoms. The average molecular weight is 532 g/mol. The summed E-state index contributed by atoms with van der Waals surface area (Å²) in [6.45, 7) is 5.41. The molecule has 34 heavy (non-hydrogen) atoms. The lowest BCUT2D eigenvalue weighted by molar-refractivity contribution is -0.384. The first-order chi connectivity index (χ1) is 16.2. The molecule has 0 radical (unpaired) electrons. The summed E-state index contributed by atoms with van der Waals surface area (Å²) < 4.78 is 11.4. The molecule has 2 aromatic rings. The van der Waals surface area contributed by atoms with Crippen LogP contribution in [0.4, 0.5) is 5.69 Å². The van der Waals surface area contributed by atoms with Crippen molar-refractivity contribution < 1.29 is 28.8 Å². The zero-order valence-corrected chi connectivity index (χ0v) is 19.7. The van der Waals surface area contributed by atoms with Crippen molar-refractivity contribution in [1.82, 2.24) is 10.2 Å². The first-order valence-electron chi connectivity index (χ1n) is 10.2. The van der Waals surface area contributed by atoms with Gasteiger partial charge in [-0.05, 0) is 36.8 Å². The fraction of sp³-hybridized carbons (Fsp3) is 0.261. The number of nitro benzene ring substituents is 1. The van der Waals surface area contributed by atoms with E-state index in [4.69, 9.17) is 9.47 Å². The minimum Gasteiger partial charge on any atom is -0.484 e. The minimum absolute atomic E-state index is 0.0733. The number of para-hydroxylation sites is 1. The van der Waals surface area contributed by atoms with Crippen molar-refractivity contribution in [2.45, 2.75) is 36.8 Å². The number of hydrogen-bond donors (Lipinski definition) is 1. The van der Waals surface area contributed by atoms with Crippen LogP contribution in [-0.4, -0.2) is 51.2 Å². The van der Waals surface area contributed by atoms with E-state index in [1.165, 1.54) is 24.3 Å². The fourth-order valence-electron chi connectivity index (χ4n) is 3.48. The maximum absolute atomic E-state index is 13.0. The van der Waals surface area contributed by atoms with Crippen molar-refractivity contribution in [2.24, 2.45) is 0 Å². The number of ether oxygens (including phenoxy) is 2. The van der Waals surface area contributed by atoms with E-state index in [-0.39, 0.29) is 18.6 Å². The minimum atomic E-state index is -0.963. The Kier molecular flexibility index (Phi) is 8.13. The van der Waals surface area contributed by atoms with Gasteiger partial charge in [0.2, 0.25) is 6.29 Å². The van der Waals surface area contributed by atoms with Crippen LogP contribution in [0.1, 0.15) is 12.5 Å². The molecule has 4 atom stereocenters. The molecule has 0 aromatic heterocycles. The Hall–Kier alpha value is -3.57. The van der Waals surface area contributed by atoms with Gasteiger partial charge in [-0.15, -0.1) is 0 Å². The fourth-order valence-corrected chi connectivity index (χ4v) is 4.37. The van der Waals surface area contributed by atoms with Crippen LogP contribution in [0.3, 0.4) is 0 Å². The number of likely N-dealkylation sites (tertiary alicyclic amines) is 1. The van der Waals surface area contributed by atoms with Gasteiger partial charge in [0.15, 0.2) is 6.10 Å². The number of rotatable bonds is 10. The Balaban J connectivity index is 1.75. The standard InChI is InChI=1S/C23H22BrN3O7/c1-14(2)19(23(30)33-13-15-8-10-16(11-9-15)27(31)32)26-21(24)20(22(26)25-18(29)12-28)34-17-6-4-3-5-7-17/h3-12,19-22H,1,13H2,2H3,(H,25,29). The number of esters is 1. The molecule has 0 saturated carbocycles. The van der Waals surface area contributed by atoms with Crippen molar-refractivity contribution in [3.05, 3.63) is 82.4 Å². The van der Waals surface area contributed by atoms with E-state index in [9.17, 15) is 24.5 Å². The smallest absolute Gasteiger partial charge is 0.328 e. The van der Waals surface area contributed by atoms with Crippen molar-refractivity contribution in [3.8, 4) is 5.75 Å². The van der Waals surface area contributed by atoms with Crippen LogP contribution in [-0.2, 0) is 25.7 Å². The van der Waals surface area contributed by atoms with Crippen molar-refractivity contribution in [3.63, 3.8) is 0 Å². The summed E-state index contributed by atoms with van der Waals surface area (Å²) in [5, 5.41) is 13.3. The van der Waals surface area contributed by atoms with Gasteiger partial charge in [-0.1, -0.05) is 46.3 Å². The summed E-state index contributed by atoms with van der Waals surface area (Å²) in [7, 11) is 0. The molecule has 1 N–H and O–H groups in total. The summed E-state index contributed by atoms with van der Waals surface area (Å²) in [5.41, 5.74) is 0.937. The van der Waals surface area contributed by atoms with Gasteiger partial charge in [0, 0.05) is 12.1 Å². The Labute approximate surface area is 203 Å². The second-order valence-corrected chi connectivity index (χ2v) is 8.50. The molecule has 0 aliphatic carbocycles. The number of amides is 1. The maximum Gasteiger partial charge on any atom is 0.328 e. The van der Waals surface area contributed by atoms with E-state index >= 15 is 0 Å². The average Bonchev–Trinajstić information content (AvgIpc) is 2.83. The predicted octanol–water partition coefficient (Wildman–Crippen LogP) is 2.71. The van der Waals surface area contributed by atoms with E-state index < -0.39 is 40.1 Å². The number of nitrogens with zero attached hydrogens (tertiary/aromatic N) is 2. The summed E-state index contributed by atoms with van der Waals surface area (Å²) in [6.07, 6.45) is -1.30. The number of alkyl halides is 1. The van der Waals surface area contributed by atoms with Crippen molar-refractivity contribution in [2.75, 3.05) is 0 Å². The third kappa shape index (κ3) is 5.67. The molecule has 1 aliphatic heterocycles. The SMILES string of the molecule is C=C(C)C(C(=O)OCc1ccc([N+](=O)[O-])cc1)N1C(Br)C(Oc2ccccc2)C1NC(=O)C=O. The molecule has 1 heterocycles. The number of nitro groups is 1. The zero-order valence-electron chi connectivity index (χ0n) is 18.1. The molecule has 178 valence electrons. The van der Waals surface area contributed by atoms with Gasteiger partial charge in [-0.25, -0.2) is 9.69 Å². The van der Waals surface area contributed by atoms with Crippen molar-refractivity contribution in [1.29, 1.82) is 0 Å². The van der Waals surface area contributed by atoms with Crippen LogP contribution in [0.5, 0.6) is 5.75 Å². The molecule has 1 fully saturated rings. The summed E-state index contributed by atoms with van der Waals surface area (Å²) in [6, 6.07) is 13.6. The van der Waals surface area contributed by atoms with Crippen LogP contribution in [0.25, 0.3) is 0 Å². The third-order valence-corrected chi connectivity index (χ3v) is 6.11. The van der Waals surface area contributed by atoms with Crippen LogP contribution < -0.4 is 10.1 Å². The van der Waals surface area contributed by atoms with E-state index in [0.29, 0.717) is 16.9 Å². The molecule has 2 aromatic carbocycles. The lowest BCUT2D eigenvalue weighted by atomic mass is 9.98. The molecular formula is C23H22BrN3O7. The Morgan fingerprint density at radius 3 is 2.44 bits per heavy atom. The third-order valence-electron chi connectivity index (χ3n) is 5.12. The quantitative estimate of drug-likeness (QED) is 0.0724. The first-order valence-corrected chi connectivity index (χ1v) is 11.1. The highest BCUT2D eigenvalue weighted by molar-refractivity contribution is 9.09. The molecule has 4 unspecified atom stereocenters. The molecule has 10 nitrogen and oxygen atoms in total. The van der Waals surface area contributed by atoms with Crippen LogP contribution in [0, 0.1) is 10.1 Å². The summed E-state index contributed by atoms with van der Waals surface area (Å²) in [5.74, 6) is -0.954. The monoisotopic (exact) mass is 531 g/mol. The molecule has 1 aliphatic rings. The second kappa shape index (κ2) is 11.0. The zero-order chi connectivity index (χ0) is 24.8. The number of nitrogens with one attached hydrogen (secondary N) is 1. The van der Waals surface area contributed by atoms with Gasteiger partial charge in [0.1, 0.15) is 29.5 Å². The van der Waals surface area contributed by atoms with E-state index in [0.717, 1.165) is 0 Å². The van der Waals surface area contributed by atoms with E-state index in [2.05, 4.69) is 27.8 Å². The van der Waals surface area contributed by atoms with Crippen LogP contribution in [0.2, 0.25) is 0 Å². The van der Waals surface area contributed by atoms with Gasteiger partial charge in [-0.3, -0.25) is 19.7 Å². The Morgan fingerprint density at radius 1 is 1.24 bits per heavy atom. The topological polar surface area (TPSA) is 128 Å².